The SMILES string of the molecule is c1ccc(-c2cccc(N(c3ccc(-c4ccc5ccccc5c4)cc3)c3ccc4oc5cc6oc(-c7ccccc7)nc6cc5c4c3)c2)cc1. The van der Waals surface area contributed by atoms with E-state index in [-0.39, 0.29) is 0 Å². The van der Waals surface area contributed by atoms with Gasteiger partial charge in [-0.1, -0.05) is 109 Å². The molecule has 10 aromatic rings. The van der Waals surface area contributed by atoms with Crippen LogP contribution in [0.3, 0.4) is 0 Å². The lowest BCUT2D eigenvalue weighted by molar-refractivity contribution is 0.617. The number of aromatic nitrogens is 1. The number of nitrogens with zero attached hydrogens (tertiary/aromatic N) is 2. The minimum Gasteiger partial charge on any atom is -0.456 e. The van der Waals surface area contributed by atoms with Crippen LogP contribution in [0.1, 0.15) is 0 Å². The molecule has 0 N–H and O–H groups in total. The Morgan fingerprint density at radius 2 is 0.980 bits per heavy atom. The maximum absolute atomic E-state index is 6.39. The van der Waals surface area contributed by atoms with E-state index in [4.69, 9.17) is 13.8 Å². The van der Waals surface area contributed by atoms with Crippen molar-refractivity contribution >= 4 is 60.9 Å². The van der Waals surface area contributed by atoms with E-state index in [2.05, 4.69) is 150 Å². The van der Waals surface area contributed by atoms with Crippen LogP contribution in [0.2, 0.25) is 0 Å². The van der Waals surface area contributed by atoms with E-state index in [0.717, 1.165) is 55.6 Å². The standard InChI is InChI=1S/C47H30N2O2/c1-3-10-31(11-4-1)36-16-9-17-39(27-36)49(38-22-20-33(21-23-38)37-19-18-32-12-7-8-15-35(32)26-37)40-24-25-44-41(28-40)42-29-43-46(30-45(42)50-44)51-47(48-43)34-13-5-2-6-14-34/h1-30H. The number of furan rings is 1. The van der Waals surface area contributed by atoms with E-state index >= 15 is 0 Å². The molecule has 0 aliphatic rings. The van der Waals surface area contributed by atoms with Gasteiger partial charge in [-0.05, 0) is 99.8 Å². The van der Waals surface area contributed by atoms with Crippen LogP contribution in [0, 0.1) is 0 Å². The van der Waals surface area contributed by atoms with E-state index in [9.17, 15) is 0 Å². The minimum atomic E-state index is 0.597. The van der Waals surface area contributed by atoms with Gasteiger partial charge in [0.1, 0.15) is 16.7 Å². The number of rotatable bonds is 6. The topological polar surface area (TPSA) is 42.4 Å². The summed E-state index contributed by atoms with van der Waals surface area (Å²) in [5.74, 6) is 0.597. The summed E-state index contributed by atoms with van der Waals surface area (Å²) in [5, 5.41) is 4.49. The highest BCUT2D eigenvalue weighted by Crippen LogP contribution is 2.41. The van der Waals surface area contributed by atoms with Crippen molar-refractivity contribution < 1.29 is 8.83 Å². The summed E-state index contributed by atoms with van der Waals surface area (Å²) >= 11 is 0. The van der Waals surface area contributed by atoms with E-state index < -0.39 is 0 Å². The molecule has 0 fully saturated rings. The fourth-order valence-electron chi connectivity index (χ4n) is 7.10. The van der Waals surface area contributed by atoms with Gasteiger partial charge in [-0.15, -0.1) is 0 Å². The molecule has 0 aliphatic carbocycles. The molecule has 0 unspecified atom stereocenters. The molecule has 51 heavy (non-hydrogen) atoms. The highest BCUT2D eigenvalue weighted by molar-refractivity contribution is 6.10. The molecule has 0 atom stereocenters. The molecule has 2 heterocycles. The van der Waals surface area contributed by atoms with Crippen molar-refractivity contribution in [1.29, 1.82) is 0 Å². The Morgan fingerprint density at radius 3 is 1.80 bits per heavy atom. The van der Waals surface area contributed by atoms with Crippen LogP contribution >= 0.6 is 0 Å². The average Bonchev–Trinajstić information content (AvgIpc) is 3.78. The average molecular weight is 655 g/mol. The van der Waals surface area contributed by atoms with Gasteiger partial charge in [0.2, 0.25) is 5.89 Å². The first-order chi connectivity index (χ1) is 25.2. The molecule has 4 heteroatoms. The van der Waals surface area contributed by atoms with Crippen molar-refractivity contribution in [2.45, 2.75) is 0 Å². The largest absolute Gasteiger partial charge is 0.456 e. The number of oxazole rings is 1. The van der Waals surface area contributed by atoms with Crippen molar-refractivity contribution in [1.82, 2.24) is 4.98 Å². The monoisotopic (exact) mass is 654 g/mol. The summed E-state index contributed by atoms with van der Waals surface area (Å²) in [6.45, 7) is 0. The van der Waals surface area contributed by atoms with Gasteiger partial charge in [-0.25, -0.2) is 4.98 Å². The molecule has 240 valence electrons. The molecule has 0 saturated heterocycles. The summed E-state index contributed by atoms with van der Waals surface area (Å²) in [7, 11) is 0. The third-order valence-corrected chi connectivity index (χ3v) is 9.66. The van der Waals surface area contributed by atoms with Gasteiger partial charge in [-0.3, -0.25) is 0 Å². The first-order valence-electron chi connectivity index (χ1n) is 17.1. The smallest absolute Gasteiger partial charge is 0.227 e. The van der Waals surface area contributed by atoms with Crippen molar-refractivity contribution in [2.24, 2.45) is 0 Å². The molecule has 2 aromatic heterocycles. The Bertz CT molecular complexity index is 2850. The van der Waals surface area contributed by atoms with Crippen molar-refractivity contribution in [2.75, 3.05) is 4.90 Å². The van der Waals surface area contributed by atoms with Gasteiger partial charge in [-0.2, -0.15) is 0 Å². The molecule has 8 aromatic carbocycles. The number of benzene rings is 8. The van der Waals surface area contributed by atoms with Crippen LogP contribution in [-0.2, 0) is 0 Å². The molecule has 4 nitrogen and oxygen atoms in total. The first-order valence-corrected chi connectivity index (χ1v) is 17.1. The Labute approximate surface area is 294 Å². The molecule has 0 saturated carbocycles. The van der Waals surface area contributed by atoms with E-state index in [1.54, 1.807) is 0 Å². The minimum absolute atomic E-state index is 0.597. The third-order valence-electron chi connectivity index (χ3n) is 9.66. The lowest BCUT2D eigenvalue weighted by atomic mass is 10.0. The van der Waals surface area contributed by atoms with Crippen LogP contribution in [0.15, 0.2) is 191 Å². The lowest BCUT2D eigenvalue weighted by Gasteiger charge is -2.26. The third kappa shape index (κ3) is 5.22. The molecule has 0 radical (unpaired) electrons. The molecule has 0 spiro atoms. The maximum atomic E-state index is 6.39. The second kappa shape index (κ2) is 11.9. The van der Waals surface area contributed by atoms with Gasteiger partial charge < -0.3 is 13.7 Å². The first kappa shape index (κ1) is 29.0. The normalized spacial score (nSPS) is 11.5. The van der Waals surface area contributed by atoms with Crippen LogP contribution in [0.25, 0.3) is 77.5 Å². The van der Waals surface area contributed by atoms with Crippen LogP contribution in [-0.4, -0.2) is 4.98 Å². The second-order valence-corrected chi connectivity index (χ2v) is 12.8. The summed E-state index contributed by atoms with van der Waals surface area (Å²) in [6, 6.07) is 63.7. The Kier molecular flexibility index (Phi) is 6.78. The fraction of sp³-hybridized carbons (Fsp3) is 0. The zero-order valence-electron chi connectivity index (χ0n) is 27.5. The summed E-state index contributed by atoms with van der Waals surface area (Å²) in [4.78, 5) is 7.16. The van der Waals surface area contributed by atoms with Gasteiger partial charge >= 0.3 is 0 Å². The predicted molar refractivity (Wildman–Crippen MR) is 210 cm³/mol. The van der Waals surface area contributed by atoms with Gasteiger partial charge in [0.05, 0.1) is 0 Å². The zero-order valence-corrected chi connectivity index (χ0v) is 27.5. The van der Waals surface area contributed by atoms with E-state index in [1.807, 2.05) is 36.4 Å². The van der Waals surface area contributed by atoms with Crippen molar-refractivity contribution in [3.63, 3.8) is 0 Å². The van der Waals surface area contributed by atoms with Gasteiger partial charge in [0.25, 0.3) is 0 Å². The van der Waals surface area contributed by atoms with E-state index in [1.165, 1.54) is 27.5 Å². The lowest BCUT2D eigenvalue weighted by Crippen LogP contribution is -2.10. The Balaban J connectivity index is 1.10. The van der Waals surface area contributed by atoms with Crippen LogP contribution in [0.4, 0.5) is 17.1 Å². The summed E-state index contributed by atoms with van der Waals surface area (Å²) in [5.41, 5.74) is 11.9. The highest BCUT2D eigenvalue weighted by atomic mass is 16.4. The zero-order chi connectivity index (χ0) is 33.7. The highest BCUT2D eigenvalue weighted by Gasteiger charge is 2.18. The number of hydrogen-bond donors (Lipinski definition) is 0. The van der Waals surface area contributed by atoms with Gasteiger partial charge in [0, 0.05) is 39.5 Å². The number of anilines is 3. The van der Waals surface area contributed by atoms with Crippen LogP contribution in [0.5, 0.6) is 0 Å². The molecular formula is C47H30N2O2. The Morgan fingerprint density at radius 1 is 0.353 bits per heavy atom. The molecule has 0 amide bonds. The number of fused-ring (bicyclic) bond motifs is 5. The van der Waals surface area contributed by atoms with Crippen molar-refractivity contribution in [3.05, 3.63) is 182 Å². The molecule has 0 bridgehead atoms. The second-order valence-electron chi connectivity index (χ2n) is 12.8. The fourth-order valence-corrected chi connectivity index (χ4v) is 7.10. The molecule has 10 rings (SSSR count). The number of hydrogen-bond acceptors (Lipinski definition) is 4. The summed E-state index contributed by atoms with van der Waals surface area (Å²) in [6.07, 6.45) is 0. The van der Waals surface area contributed by atoms with Crippen LogP contribution < -0.4 is 4.90 Å². The quantitative estimate of drug-likeness (QED) is 0.179. The summed E-state index contributed by atoms with van der Waals surface area (Å²) < 4.78 is 12.6. The van der Waals surface area contributed by atoms with Gasteiger partial charge in [0.15, 0.2) is 5.58 Å². The Hall–Kier alpha value is -6.91. The van der Waals surface area contributed by atoms with E-state index in [0.29, 0.717) is 11.5 Å². The predicted octanol–water partition coefficient (Wildman–Crippen LogP) is 13.4. The molecular weight excluding hydrogens is 625 g/mol. The molecule has 0 aliphatic heterocycles. The maximum Gasteiger partial charge on any atom is 0.227 e. The van der Waals surface area contributed by atoms with Crippen molar-refractivity contribution in [3.8, 4) is 33.7 Å².